The zero-order valence-electron chi connectivity index (χ0n) is 7.58. The highest BCUT2D eigenvalue weighted by Gasteiger charge is 2.08. The molecule has 0 spiro atoms. The van der Waals surface area contributed by atoms with Crippen molar-refractivity contribution in [1.82, 2.24) is 0 Å². The molecule has 0 heterocycles. The fourth-order valence-electron chi connectivity index (χ4n) is 0.827. The lowest BCUT2D eigenvalue weighted by Gasteiger charge is -2.06. The Bertz CT molecular complexity index is 312. The Hall–Kier alpha value is -0.470. The molecular formula is C10H11ClOS. The van der Waals surface area contributed by atoms with Gasteiger partial charge in [-0.2, -0.15) is 0 Å². The summed E-state index contributed by atoms with van der Waals surface area (Å²) < 4.78 is 0. The number of Topliss-reactive ketones (excluding diaryl/α,β-unsaturated/α-hetero) is 1. The van der Waals surface area contributed by atoms with Crippen LogP contribution in [0, 0.1) is 0 Å². The van der Waals surface area contributed by atoms with Crippen LogP contribution in [-0.2, 0) is 4.79 Å². The number of hydrogen-bond acceptors (Lipinski definition) is 2. The number of carbonyl (C=O) groups is 1. The Morgan fingerprint density at radius 1 is 1.54 bits per heavy atom. The Balaban J connectivity index is 2.69. The SMILES string of the molecule is CC(=O)[C@H](C)Sc1cccc(Cl)c1. The lowest BCUT2D eigenvalue weighted by atomic mass is 10.3. The highest BCUT2D eigenvalue weighted by molar-refractivity contribution is 8.00. The summed E-state index contributed by atoms with van der Waals surface area (Å²) in [7, 11) is 0. The molecule has 0 N–H and O–H groups in total. The van der Waals surface area contributed by atoms with Gasteiger partial charge in [0.15, 0.2) is 0 Å². The van der Waals surface area contributed by atoms with E-state index >= 15 is 0 Å². The minimum absolute atomic E-state index is 0.00142. The fourth-order valence-corrected chi connectivity index (χ4v) is 2.01. The second kappa shape index (κ2) is 4.68. The van der Waals surface area contributed by atoms with E-state index in [1.165, 1.54) is 11.8 Å². The van der Waals surface area contributed by atoms with Crippen LogP contribution in [0.2, 0.25) is 5.02 Å². The third-order valence-corrected chi connectivity index (χ3v) is 3.13. The number of hydrogen-bond donors (Lipinski definition) is 0. The molecule has 3 heteroatoms. The lowest BCUT2D eigenvalue weighted by Crippen LogP contribution is -2.07. The first-order valence-electron chi connectivity index (χ1n) is 4.02. The zero-order valence-corrected chi connectivity index (χ0v) is 9.15. The van der Waals surface area contributed by atoms with Gasteiger partial charge in [0.05, 0.1) is 5.25 Å². The molecular weight excluding hydrogens is 204 g/mol. The largest absolute Gasteiger partial charge is 0.299 e. The van der Waals surface area contributed by atoms with Crippen molar-refractivity contribution >= 4 is 29.1 Å². The Morgan fingerprint density at radius 2 is 2.23 bits per heavy atom. The van der Waals surface area contributed by atoms with Crippen molar-refractivity contribution in [3.63, 3.8) is 0 Å². The molecule has 1 aromatic rings. The minimum atomic E-state index is -0.00142. The van der Waals surface area contributed by atoms with Crippen molar-refractivity contribution in [2.24, 2.45) is 0 Å². The number of ketones is 1. The van der Waals surface area contributed by atoms with Crippen LogP contribution < -0.4 is 0 Å². The van der Waals surface area contributed by atoms with E-state index in [0.717, 1.165) is 4.90 Å². The summed E-state index contributed by atoms with van der Waals surface area (Å²) in [6, 6.07) is 7.53. The van der Waals surface area contributed by atoms with Crippen molar-refractivity contribution < 1.29 is 4.79 Å². The highest BCUT2D eigenvalue weighted by Crippen LogP contribution is 2.25. The van der Waals surface area contributed by atoms with Crippen LogP contribution in [0.3, 0.4) is 0 Å². The van der Waals surface area contributed by atoms with Gasteiger partial charge in [-0.05, 0) is 32.0 Å². The van der Waals surface area contributed by atoms with E-state index in [9.17, 15) is 4.79 Å². The van der Waals surface area contributed by atoms with Crippen molar-refractivity contribution in [1.29, 1.82) is 0 Å². The van der Waals surface area contributed by atoms with Gasteiger partial charge in [0.25, 0.3) is 0 Å². The van der Waals surface area contributed by atoms with Crippen LogP contribution in [0.25, 0.3) is 0 Å². The summed E-state index contributed by atoms with van der Waals surface area (Å²) in [5, 5.41) is 0.708. The van der Waals surface area contributed by atoms with Crippen LogP contribution in [0.15, 0.2) is 29.2 Å². The van der Waals surface area contributed by atoms with E-state index in [0.29, 0.717) is 5.02 Å². The maximum atomic E-state index is 11.0. The molecule has 1 aromatic carbocycles. The molecule has 0 radical (unpaired) electrons. The first-order valence-corrected chi connectivity index (χ1v) is 5.28. The molecule has 0 bridgehead atoms. The van der Waals surface area contributed by atoms with Crippen LogP contribution in [0.5, 0.6) is 0 Å². The maximum absolute atomic E-state index is 11.0. The van der Waals surface area contributed by atoms with Crippen LogP contribution in [0.1, 0.15) is 13.8 Å². The van der Waals surface area contributed by atoms with E-state index in [4.69, 9.17) is 11.6 Å². The van der Waals surface area contributed by atoms with E-state index in [1.54, 1.807) is 6.92 Å². The molecule has 0 aliphatic heterocycles. The second-order valence-electron chi connectivity index (χ2n) is 2.83. The molecule has 1 nitrogen and oxygen atoms in total. The standard InChI is InChI=1S/C10H11ClOS/c1-7(12)8(2)13-10-5-3-4-9(11)6-10/h3-6,8H,1-2H3/t8-/m0/s1. The first kappa shape index (κ1) is 10.6. The van der Waals surface area contributed by atoms with Crippen molar-refractivity contribution in [3.8, 4) is 0 Å². The quantitative estimate of drug-likeness (QED) is 0.718. The Labute approximate surface area is 87.5 Å². The molecule has 13 heavy (non-hydrogen) atoms. The third-order valence-electron chi connectivity index (χ3n) is 1.68. The number of thioether (sulfide) groups is 1. The molecule has 0 saturated heterocycles. The lowest BCUT2D eigenvalue weighted by molar-refractivity contribution is -0.116. The number of benzene rings is 1. The zero-order chi connectivity index (χ0) is 9.84. The van der Waals surface area contributed by atoms with E-state index in [-0.39, 0.29) is 11.0 Å². The summed E-state index contributed by atoms with van der Waals surface area (Å²) in [5.74, 6) is 0.185. The molecule has 70 valence electrons. The molecule has 0 aromatic heterocycles. The molecule has 0 fully saturated rings. The van der Waals surface area contributed by atoms with Gasteiger partial charge in [0.2, 0.25) is 0 Å². The summed E-state index contributed by atoms with van der Waals surface area (Å²) >= 11 is 7.34. The Morgan fingerprint density at radius 3 is 2.77 bits per heavy atom. The second-order valence-corrected chi connectivity index (χ2v) is 4.68. The molecule has 0 saturated carbocycles. The Kier molecular flexibility index (Phi) is 3.82. The predicted octanol–water partition coefficient (Wildman–Crippen LogP) is 3.41. The van der Waals surface area contributed by atoms with Gasteiger partial charge in [-0.1, -0.05) is 17.7 Å². The normalized spacial score (nSPS) is 12.5. The van der Waals surface area contributed by atoms with Gasteiger partial charge >= 0.3 is 0 Å². The van der Waals surface area contributed by atoms with Crippen molar-refractivity contribution in [2.45, 2.75) is 24.0 Å². The summed E-state index contributed by atoms with van der Waals surface area (Å²) in [6.45, 7) is 3.50. The smallest absolute Gasteiger partial charge is 0.142 e. The maximum Gasteiger partial charge on any atom is 0.142 e. The van der Waals surface area contributed by atoms with Gasteiger partial charge < -0.3 is 0 Å². The van der Waals surface area contributed by atoms with E-state index in [2.05, 4.69) is 0 Å². The third kappa shape index (κ3) is 3.41. The van der Waals surface area contributed by atoms with Crippen LogP contribution in [-0.4, -0.2) is 11.0 Å². The first-order chi connectivity index (χ1) is 6.09. The van der Waals surface area contributed by atoms with E-state index in [1.807, 2.05) is 31.2 Å². The van der Waals surface area contributed by atoms with Gasteiger partial charge in [-0.15, -0.1) is 11.8 Å². The predicted molar refractivity (Wildman–Crippen MR) is 57.5 cm³/mol. The van der Waals surface area contributed by atoms with Crippen molar-refractivity contribution in [3.05, 3.63) is 29.3 Å². The average Bonchev–Trinajstić information content (AvgIpc) is 2.04. The van der Waals surface area contributed by atoms with Crippen molar-refractivity contribution in [2.75, 3.05) is 0 Å². The molecule has 1 rings (SSSR count). The van der Waals surface area contributed by atoms with Gasteiger partial charge in [-0.25, -0.2) is 0 Å². The van der Waals surface area contributed by atoms with Gasteiger partial charge in [0, 0.05) is 9.92 Å². The number of rotatable bonds is 3. The van der Waals surface area contributed by atoms with Crippen LogP contribution in [0.4, 0.5) is 0 Å². The topological polar surface area (TPSA) is 17.1 Å². The minimum Gasteiger partial charge on any atom is -0.299 e. The summed E-state index contributed by atoms with van der Waals surface area (Å²) in [5.41, 5.74) is 0. The van der Waals surface area contributed by atoms with Gasteiger partial charge in [-0.3, -0.25) is 4.79 Å². The molecule has 0 amide bonds. The molecule has 1 atom stereocenters. The molecule has 0 unspecified atom stereocenters. The van der Waals surface area contributed by atoms with Gasteiger partial charge in [0.1, 0.15) is 5.78 Å². The highest BCUT2D eigenvalue weighted by atomic mass is 35.5. The summed E-state index contributed by atoms with van der Waals surface area (Å²) in [6.07, 6.45) is 0. The number of halogens is 1. The fraction of sp³-hybridized carbons (Fsp3) is 0.300. The van der Waals surface area contributed by atoms with Crippen LogP contribution >= 0.6 is 23.4 Å². The molecule has 0 aliphatic rings. The molecule has 0 aliphatic carbocycles. The van der Waals surface area contributed by atoms with E-state index < -0.39 is 0 Å². The average molecular weight is 215 g/mol. The summed E-state index contributed by atoms with van der Waals surface area (Å²) in [4.78, 5) is 12.0. The monoisotopic (exact) mass is 214 g/mol. The number of carbonyl (C=O) groups excluding carboxylic acids is 1.